The molecule has 7 heteroatoms. The topological polar surface area (TPSA) is 79.9 Å². The molecule has 7 nitrogen and oxygen atoms in total. The standard InChI is InChI=1S/C24H35N3O4/c1-6-30-23(28)21-20(14-27-12-16(4)11-17(5)13-27)25-24(29)26-22(21)18-7-9-19(10-8-18)31-15(2)3/h7-10,15-17,22H,6,11-14H2,1-5H3,(H2,25,26,29)/t16-,17+,22-/m1/s1. The van der Waals surface area contributed by atoms with E-state index in [-0.39, 0.29) is 18.7 Å². The van der Waals surface area contributed by atoms with Crippen LogP contribution in [0.1, 0.15) is 52.6 Å². The average molecular weight is 430 g/mol. The number of nitrogens with one attached hydrogen (secondary N) is 2. The van der Waals surface area contributed by atoms with Gasteiger partial charge in [-0.15, -0.1) is 0 Å². The van der Waals surface area contributed by atoms with Crippen molar-refractivity contribution in [2.24, 2.45) is 11.8 Å². The molecule has 0 aromatic heterocycles. The second-order valence-electron chi connectivity index (χ2n) is 9.02. The SMILES string of the molecule is CCOC(=O)C1=C(CN2C[C@H](C)C[C@H](C)C2)NC(=O)N[C@@H]1c1ccc(OC(C)C)cc1. The number of carbonyl (C=O) groups is 2. The third-order valence-electron chi connectivity index (χ3n) is 5.56. The van der Waals surface area contributed by atoms with Crippen LogP contribution in [0.4, 0.5) is 4.79 Å². The third-order valence-corrected chi connectivity index (χ3v) is 5.56. The van der Waals surface area contributed by atoms with Gasteiger partial charge in [0.1, 0.15) is 5.75 Å². The van der Waals surface area contributed by atoms with Crippen LogP contribution in [-0.2, 0) is 9.53 Å². The van der Waals surface area contributed by atoms with Crippen molar-refractivity contribution in [3.8, 4) is 5.75 Å². The summed E-state index contributed by atoms with van der Waals surface area (Å²) in [5, 5.41) is 5.78. The summed E-state index contributed by atoms with van der Waals surface area (Å²) in [5.74, 6) is 1.50. The lowest BCUT2D eigenvalue weighted by atomic mass is 9.91. The molecule has 0 bridgehead atoms. The molecule has 0 spiro atoms. The average Bonchev–Trinajstić information content (AvgIpc) is 2.67. The number of rotatable bonds is 7. The van der Waals surface area contributed by atoms with Crippen LogP contribution in [0.3, 0.4) is 0 Å². The molecule has 2 N–H and O–H groups in total. The van der Waals surface area contributed by atoms with Crippen molar-refractivity contribution in [3.05, 3.63) is 41.1 Å². The van der Waals surface area contributed by atoms with Gasteiger partial charge in [0.25, 0.3) is 0 Å². The second kappa shape index (κ2) is 10.2. The molecular formula is C24H35N3O4. The second-order valence-corrected chi connectivity index (χ2v) is 9.02. The fraction of sp³-hybridized carbons (Fsp3) is 0.583. The lowest BCUT2D eigenvalue weighted by Gasteiger charge is -2.37. The molecule has 1 saturated heterocycles. The minimum Gasteiger partial charge on any atom is -0.491 e. The van der Waals surface area contributed by atoms with Gasteiger partial charge in [0.15, 0.2) is 0 Å². The molecule has 31 heavy (non-hydrogen) atoms. The van der Waals surface area contributed by atoms with Gasteiger partial charge in [0, 0.05) is 25.3 Å². The first-order chi connectivity index (χ1) is 14.8. The zero-order chi connectivity index (χ0) is 22.5. The summed E-state index contributed by atoms with van der Waals surface area (Å²) in [7, 11) is 0. The minimum absolute atomic E-state index is 0.0698. The summed E-state index contributed by atoms with van der Waals surface area (Å²) >= 11 is 0. The van der Waals surface area contributed by atoms with Crippen LogP contribution in [0.5, 0.6) is 5.75 Å². The first kappa shape index (κ1) is 23.1. The highest BCUT2D eigenvalue weighted by molar-refractivity contribution is 5.95. The van der Waals surface area contributed by atoms with Gasteiger partial charge in [-0.3, -0.25) is 4.90 Å². The number of benzene rings is 1. The number of carbonyl (C=O) groups excluding carboxylic acids is 2. The van der Waals surface area contributed by atoms with E-state index in [1.54, 1.807) is 6.92 Å². The maximum atomic E-state index is 13.0. The van der Waals surface area contributed by atoms with Crippen molar-refractivity contribution in [2.45, 2.75) is 53.2 Å². The van der Waals surface area contributed by atoms with Gasteiger partial charge in [-0.1, -0.05) is 26.0 Å². The molecule has 2 aliphatic rings. The first-order valence-corrected chi connectivity index (χ1v) is 11.2. The molecule has 0 radical (unpaired) electrons. The van der Waals surface area contributed by atoms with Crippen molar-refractivity contribution in [1.29, 1.82) is 0 Å². The van der Waals surface area contributed by atoms with Crippen molar-refractivity contribution in [2.75, 3.05) is 26.2 Å². The highest BCUT2D eigenvalue weighted by Gasteiger charge is 2.35. The molecule has 0 unspecified atom stereocenters. The Kier molecular flexibility index (Phi) is 7.59. The number of ether oxygens (including phenoxy) is 2. The number of amides is 2. The fourth-order valence-electron chi connectivity index (χ4n) is 4.60. The summed E-state index contributed by atoms with van der Waals surface area (Å²) in [4.78, 5) is 27.8. The predicted molar refractivity (Wildman–Crippen MR) is 120 cm³/mol. The lowest BCUT2D eigenvalue weighted by Crippen LogP contribution is -2.50. The summed E-state index contributed by atoms with van der Waals surface area (Å²) < 4.78 is 11.1. The Morgan fingerprint density at radius 3 is 2.39 bits per heavy atom. The van der Waals surface area contributed by atoms with E-state index >= 15 is 0 Å². The molecule has 1 aromatic carbocycles. The van der Waals surface area contributed by atoms with E-state index in [1.165, 1.54) is 6.42 Å². The number of esters is 1. The van der Waals surface area contributed by atoms with Crippen molar-refractivity contribution in [3.63, 3.8) is 0 Å². The predicted octanol–water partition coefficient (Wildman–Crippen LogP) is 3.62. The van der Waals surface area contributed by atoms with Gasteiger partial charge in [0.05, 0.1) is 24.3 Å². The Morgan fingerprint density at radius 1 is 1.16 bits per heavy atom. The Balaban J connectivity index is 1.93. The van der Waals surface area contributed by atoms with Crippen LogP contribution in [-0.4, -0.2) is 49.2 Å². The quantitative estimate of drug-likeness (QED) is 0.647. The van der Waals surface area contributed by atoms with E-state index < -0.39 is 12.0 Å². The molecule has 3 atom stereocenters. The third kappa shape index (κ3) is 6.00. The summed E-state index contributed by atoms with van der Waals surface area (Å²) in [6, 6.07) is 6.61. The normalized spacial score (nSPS) is 24.6. The van der Waals surface area contributed by atoms with Crippen LogP contribution in [0, 0.1) is 11.8 Å². The highest BCUT2D eigenvalue weighted by atomic mass is 16.5. The smallest absolute Gasteiger partial charge is 0.338 e. The molecule has 2 amide bonds. The van der Waals surface area contributed by atoms with Gasteiger partial charge < -0.3 is 20.1 Å². The fourth-order valence-corrected chi connectivity index (χ4v) is 4.60. The van der Waals surface area contributed by atoms with Gasteiger partial charge in [-0.25, -0.2) is 9.59 Å². The number of likely N-dealkylation sites (tertiary alicyclic amines) is 1. The summed E-state index contributed by atoms with van der Waals surface area (Å²) in [5.41, 5.74) is 1.90. The molecule has 1 aromatic rings. The Labute approximate surface area is 185 Å². The Morgan fingerprint density at radius 2 is 1.81 bits per heavy atom. The molecule has 0 aliphatic carbocycles. The van der Waals surface area contributed by atoms with E-state index in [1.807, 2.05) is 38.1 Å². The first-order valence-electron chi connectivity index (χ1n) is 11.2. The zero-order valence-electron chi connectivity index (χ0n) is 19.2. The van der Waals surface area contributed by atoms with E-state index in [9.17, 15) is 9.59 Å². The molecular weight excluding hydrogens is 394 g/mol. The molecule has 170 valence electrons. The van der Waals surface area contributed by atoms with Crippen LogP contribution < -0.4 is 15.4 Å². The van der Waals surface area contributed by atoms with Crippen LogP contribution in [0.25, 0.3) is 0 Å². The van der Waals surface area contributed by atoms with Gasteiger partial charge >= 0.3 is 12.0 Å². The number of urea groups is 1. The number of piperidine rings is 1. The van der Waals surface area contributed by atoms with Gasteiger partial charge in [-0.2, -0.15) is 0 Å². The summed E-state index contributed by atoms with van der Waals surface area (Å²) in [6.07, 6.45) is 1.27. The van der Waals surface area contributed by atoms with E-state index in [4.69, 9.17) is 9.47 Å². The van der Waals surface area contributed by atoms with Crippen LogP contribution in [0.2, 0.25) is 0 Å². The monoisotopic (exact) mass is 429 g/mol. The number of nitrogens with zero attached hydrogens (tertiary/aromatic N) is 1. The minimum atomic E-state index is -0.574. The molecule has 1 fully saturated rings. The van der Waals surface area contributed by atoms with Crippen LogP contribution in [0.15, 0.2) is 35.5 Å². The lowest BCUT2D eigenvalue weighted by molar-refractivity contribution is -0.139. The Hall–Kier alpha value is -2.54. The van der Waals surface area contributed by atoms with E-state index in [0.717, 1.165) is 24.4 Å². The van der Waals surface area contributed by atoms with Crippen molar-refractivity contribution in [1.82, 2.24) is 15.5 Å². The highest BCUT2D eigenvalue weighted by Crippen LogP contribution is 2.30. The zero-order valence-corrected chi connectivity index (χ0v) is 19.2. The number of hydrogen-bond donors (Lipinski definition) is 2. The molecule has 2 heterocycles. The van der Waals surface area contributed by atoms with Crippen LogP contribution >= 0.6 is 0 Å². The Bertz CT molecular complexity index is 809. The van der Waals surface area contributed by atoms with Gasteiger partial charge in [0.2, 0.25) is 0 Å². The van der Waals surface area contributed by atoms with Crippen molar-refractivity contribution >= 4 is 12.0 Å². The maximum absolute atomic E-state index is 13.0. The number of hydrogen-bond acceptors (Lipinski definition) is 5. The molecule has 3 rings (SSSR count). The largest absolute Gasteiger partial charge is 0.491 e. The van der Waals surface area contributed by atoms with Gasteiger partial charge in [-0.05, 0) is 56.7 Å². The van der Waals surface area contributed by atoms with E-state index in [2.05, 4.69) is 29.4 Å². The molecule has 2 aliphatic heterocycles. The van der Waals surface area contributed by atoms with Crippen molar-refractivity contribution < 1.29 is 19.1 Å². The van der Waals surface area contributed by atoms with E-state index in [0.29, 0.717) is 29.7 Å². The summed E-state index contributed by atoms with van der Waals surface area (Å²) in [6.45, 7) is 12.9. The maximum Gasteiger partial charge on any atom is 0.338 e. The molecule has 0 saturated carbocycles.